The van der Waals surface area contributed by atoms with Crippen molar-refractivity contribution in [1.29, 1.82) is 0 Å². The maximum Gasteiger partial charge on any atom is 0.228 e. The first-order chi connectivity index (χ1) is 20.1. The summed E-state index contributed by atoms with van der Waals surface area (Å²) in [5, 5.41) is 11.1. The second-order valence-electron chi connectivity index (χ2n) is 9.51. The molecule has 0 saturated heterocycles. The van der Waals surface area contributed by atoms with Gasteiger partial charge in [0.25, 0.3) is 0 Å². The number of hydrogen-bond donors (Lipinski definition) is 3. The van der Waals surface area contributed by atoms with Gasteiger partial charge in [0.05, 0.1) is 23.7 Å². The van der Waals surface area contributed by atoms with Gasteiger partial charge >= 0.3 is 0 Å². The molecule has 0 aliphatic carbocycles. The Bertz CT molecular complexity index is 2030. The van der Waals surface area contributed by atoms with Gasteiger partial charge < -0.3 is 10.3 Å². The maximum atomic E-state index is 13.5. The van der Waals surface area contributed by atoms with E-state index in [2.05, 4.69) is 35.5 Å². The lowest BCUT2D eigenvalue weighted by atomic mass is 10.1. The number of halogens is 1. The molecule has 0 radical (unpaired) electrons. The van der Waals surface area contributed by atoms with Gasteiger partial charge in [0, 0.05) is 35.3 Å². The number of aromatic nitrogens is 7. The van der Waals surface area contributed by atoms with Crippen LogP contribution in [0.5, 0.6) is 0 Å². The summed E-state index contributed by atoms with van der Waals surface area (Å²) in [7, 11) is 0. The van der Waals surface area contributed by atoms with Crippen LogP contribution in [0.1, 0.15) is 5.56 Å². The number of pyridine rings is 3. The van der Waals surface area contributed by atoms with Crippen LogP contribution in [-0.2, 0) is 11.2 Å². The molecule has 10 heteroatoms. The maximum absolute atomic E-state index is 13.5. The van der Waals surface area contributed by atoms with Gasteiger partial charge in [0.2, 0.25) is 5.91 Å². The van der Waals surface area contributed by atoms with Crippen molar-refractivity contribution in [2.45, 2.75) is 6.42 Å². The molecule has 41 heavy (non-hydrogen) atoms. The van der Waals surface area contributed by atoms with Crippen molar-refractivity contribution in [3.8, 4) is 33.8 Å². The minimum Gasteiger partial charge on any atom is -0.324 e. The van der Waals surface area contributed by atoms with Crippen LogP contribution >= 0.6 is 0 Å². The van der Waals surface area contributed by atoms with Crippen LogP contribution < -0.4 is 5.32 Å². The van der Waals surface area contributed by atoms with E-state index < -0.39 is 0 Å². The largest absolute Gasteiger partial charge is 0.324 e. The van der Waals surface area contributed by atoms with Crippen LogP contribution in [-0.4, -0.2) is 41.0 Å². The van der Waals surface area contributed by atoms with Crippen LogP contribution in [0, 0.1) is 5.82 Å². The van der Waals surface area contributed by atoms with Gasteiger partial charge in [-0.05, 0) is 41.5 Å². The topological polar surface area (TPSA) is 125 Å². The van der Waals surface area contributed by atoms with Crippen molar-refractivity contribution in [3.05, 3.63) is 109 Å². The van der Waals surface area contributed by atoms with E-state index in [0.717, 1.165) is 33.2 Å². The predicted octanol–water partition coefficient (Wildman–Crippen LogP) is 5.95. The molecule has 7 rings (SSSR count). The first-order valence-corrected chi connectivity index (χ1v) is 12.8. The van der Waals surface area contributed by atoms with Crippen molar-refractivity contribution in [3.63, 3.8) is 0 Å². The molecule has 0 saturated carbocycles. The number of amides is 1. The molecule has 0 aliphatic rings. The fourth-order valence-electron chi connectivity index (χ4n) is 4.78. The minimum absolute atomic E-state index is 0.126. The van der Waals surface area contributed by atoms with E-state index in [-0.39, 0.29) is 18.1 Å². The Kier molecular flexibility index (Phi) is 5.97. The Balaban J connectivity index is 1.21. The van der Waals surface area contributed by atoms with Crippen molar-refractivity contribution in [1.82, 2.24) is 35.1 Å². The summed E-state index contributed by atoms with van der Waals surface area (Å²) >= 11 is 0. The van der Waals surface area contributed by atoms with Crippen molar-refractivity contribution >= 4 is 33.8 Å². The lowest BCUT2D eigenvalue weighted by molar-refractivity contribution is -0.115. The summed E-state index contributed by atoms with van der Waals surface area (Å²) in [5.74, 6) is 0.0926. The van der Waals surface area contributed by atoms with E-state index in [1.807, 2.05) is 48.5 Å². The number of nitrogens with zero attached hydrogens (tertiary/aromatic N) is 5. The van der Waals surface area contributed by atoms with Gasteiger partial charge in [-0.3, -0.25) is 14.9 Å². The average Bonchev–Trinajstić information content (AvgIpc) is 3.62. The Morgan fingerprint density at radius 1 is 0.854 bits per heavy atom. The molecular formula is C31H21FN8O. The molecule has 0 fully saturated rings. The zero-order valence-electron chi connectivity index (χ0n) is 21.5. The normalized spacial score (nSPS) is 11.2. The number of rotatable bonds is 6. The number of imidazole rings is 1. The molecule has 9 nitrogen and oxygen atoms in total. The Hall–Kier alpha value is -5.77. The lowest BCUT2D eigenvalue weighted by Crippen LogP contribution is -2.14. The summed E-state index contributed by atoms with van der Waals surface area (Å²) in [6.45, 7) is 0. The Morgan fingerprint density at radius 3 is 2.54 bits per heavy atom. The van der Waals surface area contributed by atoms with E-state index in [1.54, 1.807) is 36.9 Å². The standard InChI is InChI=1S/C31H21FN8O/c32-22-8-6-19(7-9-22)24-10-11-34-30-27(24)37-31(38-30)28-25-14-21(16-35-29(25)40-39-28)20-13-23(17-33-15-20)36-26(41)12-18-4-2-1-3-5-18/h1-11,13-17H,12H2,(H,36,41)(H,34,37,38)(H,35,39,40). The molecule has 0 bridgehead atoms. The smallest absolute Gasteiger partial charge is 0.228 e. The first-order valence-electron chi connectivity index (χ1n) is 12.8. The van der Waals surface area contributed by atoms with Crippen molar-refractivity contribution < 1.29 is 9.18 Å². The molecule has 0 atom stereocenters. The predicted molar refractivity (Wildman–Crippen MR) is 154 cm³/mol. The van der Waals surface area contributed by atoms with E-state index in [0.29, 0.717) is 34.0 Å². The lowest BCUT2D eigenvalue weighted by Gasteiger charge is -2.07. The molecule has 0 unspecified atom stereocenters. The third-order valence-corrected chi connectivity index (χ3v) is 6.74. The molecule has 1 amide bonds. The molecule has 0 aliphatic heterocycles. The number of nitrogens with one attached hydrogen (secondary N) is 3. The quantitative estimate of drug-likeness (QED) is 0.240. The summed E-state index contributed by atoms with van der Waals surface area (Å²) in [6, 6.07) is 21.5. The van der Waals surface area contributed by atoms with Crippen LogP contribution in [0.25, 0.3) is 56.0 Å². The highest BCUT2D eigenvalue weighted by molar-refractivity contribution is 5.96. The molecule has 3 N–H and O–H groups in total. The highest BCUT2D eigenvalue weighted by Crippen LogP contribution is 2.32. The number of H-pyrrole nitrogens is 2. The number of aromatic amines is 2. The van der Waals surface area contributed by atoms with Gasteiger partial charge in [-0.2, -0.15) is 5.10 Å². The zero-order chi connectivity index (χ0) is 27.8. The van der Waals surface area contributed by atoms with Gasteiger partial charge in [-0.1, -0.05) is 42.5 Å². The van der Waals surface area contributed by atoms with E-state index in [9.17, 15) is 9.18 Å². The minimum atomic E-state index is -0.302. The third-order valence-electron chi connectivity index (χ3n) is 6.74. The van der Waals surface area contributed by atoms with E-state index >= 15 is 0 Å². The fraction of sp³-hybridized carbons (Fsp3) is 0.0323. The molecule has 198 valence electrons. The molecule has 5 aromatic heterocycles. The summed E-state index contributed by atoms with van der Waals surface area (Å²) in [5.41, 5.74) is 7.18. The Morgan fingerprint density at radius 2 is 1.68 bits per heavy atom. The highest BCUT2D eigenvalue weighted by Gasteiger charge is 2.17. The second kappa shape index (κ2) is 10.1. The SMILES string of the molecule is O=C(Cc1ccccc1)Nc1cncc(-c2cnc3[nH]nc(-c4nc5c(-c6ccc(F)cc6)ccnc5[nH]4)c3c2)c1. The summed E-state index contributed by atoms with van der Waals surface area (Å²) < 4.78 is 13.5. The third kappa shape index (κ3) is 4.78. The van der Waals surface area contributed by atoms with Crippen LogP contribution in [0.2, 0.25) is 0 Å². The number of carbonyl (C=O) groups is 1. The summed E-state index contributed by atoms with van der Waals surface area (Å²) in [6.07, 6.45) is 7.01. The van der Waals surface area contributed by atoms with Crippen LogP contribution in [0.4, 0.5) is 10.1 Å². The molecular weight excluding hydrogens is 519 g/mol. The van der Waals surface area contributed by atoms with Crippen LogP contribution in [0.3, 0.4) is 0 Å². The zero-order valence-corrected chi connectivity index (χ0v) is 21.5. The second-order valence-corrected chi connectivity index (χ2v) is 9.51. The van der Waals surface area contributed by atoms with Crippen molar-refractivity contribution in [2.75, 3.05) is 5.32 Å². The molecule has 0 spiro atoms. The monoisotopic (exact) mass is 540 g/mol. The number of benzene rings is 2. The number of fused-ring (bicyclic) bond motifs is 2. The van der Waals surface area contributed by atoms with E-state index in [4.69, 9.17) is 4.98 Å². The number of anilines is 1. The number of carbonyl (C=O) groups excluding carboxylic acids is 1. The van der Waals surface area contributed by atoms with Gasteiger partial charge in [0.1, 0.15) is 17.0 Å². The highest BCUT2D eigenvalue weighted by atomic mass is 19.1. The molecule has 2 aromatic carbocycles. The first kappa shape index (κ1) is 24.3. The molecule has 5 heterocycles. The van der Waals surface area contributed by atoms with Crippen molar-refractivity contribution in [2.24, 2.45) is 0 Å². The Labute approximate surface area is 232 Å². The fourth-order valence-corrected chi connectivity index (χ4v) is 4.78. The van der Waals surface area contributed by atoms with E-state index in [1.165, 1.54) is 12.1 Å². The summed E-state index contributed by atoms with van der Waals surface area (Å²) in [4.78, 5) is 33.9. The van der Waals surface area contributed by atoms with Gasteiger partial charge in [-0.25, -0.2) is 19.3 Å². The van der Waals surface area contributed by atoms with Crippen LogP contribution in [0.15, 0.2) is 97.6 Å². The number of hydrogen-bond acceptors (Lipinski definition) is 6. The van der Waals surface area contributed by atoms with Gasteiger partial charge in [0.15, 0.2) is 17.1 Å². The van der Waals surface area contributed by atoms with Gasteiger partial charge in [-0.15, -0.1) is 0 Å². The molecule has 7 aromatic rings. The average molecular weight is 541 g/mol.